The third-order valence-electron chi connectivity index (χ3n) is 3.40. The Morgan fingerprint density at radius 2 is 2.00 bits per heavy atom. The molecule has 106 valence electrons. The largest absolute Gasteiger partial charge is 0.392 e. The summed E-state index contributed by atoms with van der Waals surface area (Å²) in [7, 11) is -3.42. The number of sulfonamides is 1. The predicted octanol–water partition coefficient (Wildman–Crippen LogP) is 1.64. The Balaban J connectivity index is 2.59. The minimum atomic E-state index is -3.42. The molecular formula is C11H22N2O2S3. The summed E-state index contributed by atoms with van der Waals surface area (Å²) in [6.07, 6.45) is 6.47. The van der Waals surface area contributed by atoms with Gasteiger partial charge in [0, 0.05) is 11.3 Å². The second-order valence-corrected chi connectivity index (χ2v) is 8.18. The number of rotatable bonds is 6. The first kappa shape index (κ1) is 16.2. The normalized spacial score (nSPS) is 26.8. The van der Waals surface area contributed by atoms with E-state index in [0.29, 0.717) is 11.7 Å². The molecule has 0 spiro atoms. The number of hydrogen-bond donors (Lipinski definition) is 2. The second-order valence-electron chi connectivity index (χ2n) is 4.67. The lowest BCUT2D eigenvalue weighted by Crippen LogP contribution is -2.46. The Kier molecular flexibility index (Phi) is 6.37. The standard InChI is InChI=1S/C11H22N2O2S3/c1-3-10(11(12)16)18(14,15)13-8-4-6-9(17-2)7-5-8/h8-10,13H,3-7H2,1-2H3,(H2,12,16). The van der Waals surface area contributed by atoms with E-state index in [0.717, 1.165) is 25.7 Å². The van der Waals surface area contributed by atoms with Crippen molar-refractivity contribution in [1.82, 2.24) is 4.72 Å². The molecule has 0 heterocycles. The molecule has 1 saturated carbocycles. The molecule has 0 bridgehead atoms. The monoisotopic (exact) mass is 310 g/mol. The van der Waals surface area contributed by atoms with Crippen molar-refractivity contribution in [3.8, 4) is 0 Å². The molecular weight excluding hydrogens is 288 g/mol. The van der Waals surface area contributed by atoms with Crippen LogP contribution in [0.2, 0.25) is 0 Å². The van der Waals surface area contributed by atoms with Crippen LogP contribution in [0.1, 0.15) is 39.0 Å². The summed E-state index contributed by atoms with van der Waals surface area (Å²) in [5.74, 6) is 0. The number of thiocarbonyl (C=S) groups is 1. The van der Waals surface area contributed by atoms with E-state index in [9.17, 15) is 8.42 Å². The molecule has 1 rings (SSSR count). The molecule has 0 saturated heterocycles. The van der Waals surface area contributed by atoms with E-state index in [4.69, 9.17) is 18.0 Å². The number of hydrogen-bond acceptors (Lipinski definition) is 4. The van der Waals surface area contributed by atoms with Crippen LogP contribution in [0.4, 0.5) is 0 Å². The first-order chi connectivity index (χ1) is 8.40. The summed E-state index contributed by atoms with van der Waals surface area (Å²) in [6, 6.07) is 0.0433. The highest BCUT2D eigenvalue weighted by Gasteiger charge is 2.30. The van der Waals surface area contributed by atoms with Crippen molar-refractivity contribution < 1.29 is 8.42 Å². The zero-order chi connectivity index (χ0) is 13.8. The van der Waals surface area contributed by atoms with E-state index in [1.54, 1.807) is 6.92 Å². The van der Waals surface area contributed by atoms with Gasteiger partial charge < -0.3 is 5.73 Å². The van der Waals surface area contributed by atoms with Gasteiger partial charge in [0.1, 0.15) is 5.25 Å². The van der Waals surface area contributed by atoms with Crippen LogP contribution in [0.25, 0.3) is 0 Å². The maximum Gasteiger partial charge on any atom is 0.221 e. The van der Waals surface area contributed by atoms with Gasteiger partial charge in [0.05, 0.1) is 4.99 Å². The lowest BCUT2D eigenvalue weighted by Gasteiger charge is -2.29. The quantitative estimate of drug-likeness (QED) is 0.730. The van der Waals surface area contributed by atoms with Crippen LogP contribution in [-0.2, 0) is 10.0 Å². The van der Waals surface area contributed by atoms with Gasteiger partial charge in [0.2, 0.25) is 10.0 Å². The van der Waals surface area contributed by atoms with Crippen LogP contribution in [0, 0.1) is 0 Å². The molecule has 0 amide bonds. The molecule has 0 aromatic carbocycles. The van der Waals surface area contributed by atoms with E-state index in [2.05, 4.69) is 11.0 Å². The Morgan fingerprint density at radius 3 is 2.39 bits per heavy atom. The van der Waals surface area contributed by atoms with Crippen LogP contribution in [-0.4, -0.2) is 36.2 Å². The van der Waals surface area contributed by atoms with Crippen molar-refractivity contribution >= 4 is 39.0 Å². The molecule has 1 atom stereocenters. The molecule has 0 aromatic heterocycles. The highest BCUT2D eigenvalue weighted by molar-refractivity contribution is 7.99. The van der Waals surface area contributed by atoms with Crippen LogP contribution in [0.15, 0.2) is 0 Å². The van der Waals surface area contributed by atoms with Crippen LogP contribution in [0.3, 0.4) is 0 Å². The lowest BCUT2D eigenvalue weighted by atomic mass is 9.96. The Hall–Kier alpha value is 0.150. The van der Waals surface area contributed by atoms with E-state index in [1.165, 1.54) is 0 Å². The maximum atomic E-state index is 12.1. The number of nitrogens with two attached hydrogens (primary N) is 1. The first-order valence-corrected chi connectivity index (χ1v) is 9.48. The minimum absolute atomic E-state index is 0.0433. The zero-order valence-corrected chi connectivity index (χ0v) is 13.3. The van der Waals surface area contributed by atoms with Gasteiger partial charge in [0.25, 0.3) is 0 Å². The molecule has 1 aliphatic carbocycles. The second kappa shape index (κ2) is 7.07. The van der Waals surface area contributed by atoms with Crippen LogP contribution >= 0.6 is 24.0 Å². The van der Waals surface area contributed by atoms with Crippen molar-refractivity contribution in [2.24, 2.45) is 5.73 Å². The molecule has 1 aliphatic rings. The Labute approximate surface area is 120 Å². The Morgan fingerprint density at radius 1 is 1.44 bits per heavy atom. The molecule has 7 heteroatoms. The molecule has 0 aromatic rings. The Bertz CT molecular complexity index is 376. The van der Waals surface area contributed by atoms with Crippen molar-refractivity contribution in [2.75, 3.05) is 6.26 Å². The van der Waals surface area contributed by atoms with Gasteiger partial charge in [-0.1, -0.05) is 19.1 Å². The summed E-state index contributed by atoms with van der Waals surface area (Å²) in [5.41, 5.74) is 5.49. The summed E-state index contributed by atoms with van der Waals surface area (Å²) in [4.78, 5) is 0.0581. The van der Waals surface area contributed by atoms with Crippen molar-refractivity contribution in [1.29, 1.82) is 0 Å². The minimum Gasteiger partial charge on any atom is -0.392 e. The molecule has 0 radical (unpaired) electrons. The lowest BCUT2D eigenvalue weighted by molar-refractivity contribution is 0.419. The molecule has 0 aliphatic heterocycles. The summed E-state index contributed by atoms with van der Waals surface area (Å²) < 4.78 is 27.0. The van der Waals surface area contributed by atoms with Gasteiger partial charge in [-0.05, 0) is 38.4 Å². The van der Waals surface area contributed by atoms with Gasteiger partial charge >= 0.3 is 0 Å². The predicted molar refractivity (Wildman–Crippen MR) is 82.5 cm³/mol. The van der Waals surface area contributed by atoms with Crippen molar-refractivity contribution in [3.05, 3.63) is 0 Å². The third-order valence-corrected chi connectivity index (χ3v) is 6.97. The number of thioether (sulfide) groups is 1. The molecule has 18 heavy (non-hydrogen) atoms. The SMILES string of the molecule is CCC(C(N)=S)S(=O)(=O)NC1CCC(SC)CC1. The topological polar surface area (TPSA) is 72.2 Å². The van der Waals surface area contributed by atoms with Gasteiger partial charge in [0.15, 0.2) is 0 Å². The van der Waals surface area contributed by atoms with E-state index in [1.807, 2.05) is 11.8 Å². The molecule has 1 fully saturated rings. The van der Waals surface area contributed by atoms with Crippen LogP contribution in [0.5, 0.6) is 0 Å². The van der Waals surface area contributed by atoms with E-state index < -0.39 is 15.3 Å². The van der Waals surface area contributed by atoms with Gasteiger partial charge in [-0.2, -0.15) is 11.8 Å². The number of nitrogens with one attached hydrogen (secondary N) is 1. The average Bonchev–Trinajstić information content (AvgIpc) is 2.29. The van der Waals surface area contributed by atoms with Gasteiger partial charge in [-0.15, -0.1) is 0 Å². The highest BCUT2D eigenvalue weighted by Crippen LogP contribution is 2.27. The van der Waals surface area contributed by atoms with Gasteiger partial charge in [-0.3, -0.25) is 0 Å². The van der Waals surface area contributed by atoms with E-state index >= 15 is 0 Å². The maximum absolute atomic E-state index is 12.1. The van der Waals surface area contributed by atoms with Crippen molar-refractivity contribution in [3.63, 3.8) is 0 Å². The molecule has 1 unspecified atom stereocenters. The average molecular weight is 311 g/mol. The first-order valence-electron chi connectivity index (χ1n) is 6.24. The van der Waals surface area contributed by atoms with E-state index in [-0.39, 0.29) is 11.0 Å². The van der Waals surface area contributed by atoms with Crippen LogP contribution < -0.4 is 10.5 Å². The summed E-state index contributed by atoms with van der Waals surface area (Å²) in [5, 5.41) is -0.0749. The summed E-state index contributed by atoms with van der Waals surface area (Å²) in [6.45, 7) is 1.79. The fraction of sp³-hybridized carbons (Fsp3) is 0.909. The molecule has 4 nitrogen and oxygen atoms in total. The highest BCUT2D eigenvalue weighted by atomic mass is 32.2. The molecule has 3 N–H and O–H groups in total. The zero-order valence-electron chi connectivity index (χ0n) is 10.9. The fourth-order valence-corrected chi connectivity index (χ4v) is 5.20. The van der Waals surface area contributed by atoms with Gasteiger partial charge in [-0.25, -0.2) is 13.1 Å². The van der Waals surface area contributed by atoms with Crippen molar-refractivity contribution in [2.45, 2.75) is 55.6 Å². The smallest absolute Gasteiger partial charge is 0.221 e. The third kappa shape index (κ3) is 4.36. The summed E-state index contributed by atoms with van der Waals surface area (Å²) >= 11 is 6.69. The fourth-order valence-electron chi connectivity index (χ4n) is 2.30.